The zero-order chi connectivity index (χ0) is 23.9. The highest BCUT2D eigenvalue weighted by atomic mass is 19.4. The lowest BCUT2D eigenvalue weighted by molar-refractivity contribution is -0.137. The molecule has 0 fully saturated rings. The minimum atomic E-state index is -4.54. The molecular formula is C22H20F3N7O. The minimum Gasteiger partial charge on any atom is -0.321 e. The van der Waals surface area contributed by atoms with E-state index >= 15 is 0 Å². The quantitative estimate of drug-likeness (QED) is 0.497. The van der Waals surface area contributed by atoms with Gasteiger partial charge in [0.2, 0.25) is 0 Å². The Bertz CT molecular complexity index is 1350. The summed E-state index contributed by atoms with van der Waals surface area (Å²) in [5, 5.41) is 15.2. The third-order valence-corrected chi connectivity index (χ3v) is 5.38. The van der Waals surface area contributed by atoms with Crippen LogP contribution in [0.15, 0.2) is 42.9 Å². The maximum atomic E-state index is 13.1. The molecule has 0 spiro atoms. The standard InChI is InChI=1S/C22H20F3N7O/c1-12-5-6-15(22(23,24)25)7-17(12)21(33)28-16-8-20(13(2)26-9-16)32-11-19(29-30-32)18-10-27-31(4)14(18)3/h5-11H,1-4H3,(H,28,33). The highest BCUT2D eigenvalue weighted by molar-refractivity contribution is 6.05. The number of carbonyl (C=O) groups is 1. The lowest BCUT2D eigenvalue weighted by Crippen LogP contribution is -2.16. The number of nitrogens with one attached hydrogen (secondary N) is 1. The van der Waals surface area contributed by atoms with E-state index in [1.807, 2.05) is 14.0 Å². The molecule has 0 unspecified atom stereocenters. The summed E-state index contributed by atoms with van der Waals surface area (Å²) in [5.41, 5.74) is 3.35. The van der Waals surface area contributed by atoms with Gasteiger partial charge in [0.1, 0.15) is 5.69 Å². The third kappa shape index (κ3) is 4.34. The molecule has 8 nitrogen and oxygen atoms in total. The van der Waals surface area contributed by atoms with E-state index in [-0.39, 0.29) is 5.56 Å². The van der Waals surface area contributed by atoms with Crippen LogP contribution in [0.3, 0.4) is 0 Å². The summed E-state index contributed by atoms with van der Waals surface area (Å²) in [5.74, 6) is -0.666. The number of nitrogens with zero attached hydrogens (tertiary/aromatic N) is 6. The summed E-state index contributed by atoms with van der Waals surface area (Å²) in [6.45, 7) is 5.26. The number of pyridine rings is 1. The Labute approximate surface area is 187 Å². The highest BCUT2D eigenvalue weighted by Gasteiger charge is 2.31. The third-order valence-electron chi connectivity index (χ3n) is 5.38. The number of anilines is 1. The molecule has 3 heterocycles. The fourth-order valence-corrected chi connectivity index (χ4v) is 3.32. The molecule has 3 aromatic heterocycles. The van der Waals surface area contributed by atoms with E-state index < -0.39 is 17.6 Å². The number of aryl methyl sites for hydroxylation is 3. The van der Waals surface area contributed by atoms with Crippen LogP contribution in [0.1, 0.15) is 32.9 Å². The zero-order valence-electron chi connectivity index (χ0n) is 18.3. The second kappa shape index (κ2) is 8.15. The topological polar surface area (TPSA) is 90.5 Å². The second-order valence-corrected chi connectivity index (χ2v) is 7.63. The molecule has 0 aliphatic rings. The molecule has 0 aliphatic carbocycles. The van der Waals surface area contributed by atoms with Crippen molar-refractivity contribution in [1.82, 2.24) is 29.8 Å². The van der Waals surface area contributed by atoms with Crippen LogP contribution in [-0.4, -0.2) is 35.7 Å². The summed E-state index contributed by atoms with van der Waals surface area (Å²) in [6.07, 6.45) is 0.306. The molecule has 1 aromatic carbocycles. The van der Waals surface area contributed by atoms with Crippen molar-refractivity contribution in [3.05, 3.63) is 70.9 Å². The first-order chi connectivity index (χ1) is 15.5. The van der Waals surface area contributed by atoms with Crippen molar-refractivity contribution in [2.24, 2.45) is 7.05 Å². The number of carbonyl (C=O) groups excluding carboxylic acids is 1. The SMILES string of the molecule is Cc1ccc(C(F)(F)F)cc1C(=O)Nc1cnc(C)c(-n2cc(-c3cnn(C)c3C)nn2)c1. The number of alkyl halides is 3. The number of hydrogen-bond acceptors (Lipinski definition) is 5. The number of aromatic nitrogens is 6. The Kier molecular flexibility index (Phi) is 5.48. The van der Waals surface area contributed by atoms with Crippen molar-refractivity contribution in [1.29, 1.82) is 0 Å². The summed E-state index contributed by atoms with van der Waals surface area (Å²) < 4.78 is 42.4. The lowest BCUT2D eigenvalue weighted by Gasteiger charge is -2.13. The molecular weight excluding hydrogens is 435 g/mol. The van der Waals surface area contributed by atoms with Crippen molar-refractivity contribution in [2.75, 3.05) is 5.32 Å². The van der Waals surface area contributed by atoms with Gasteiger partial charge in [0.25, 0.3) is 5.91 Å². The molecule has 0 saturated heterocycles. The van der Waals surface area contributed by atoms with Crippen LogP contribution in [0, 0.1) is 20.8 Å². The average Bonchev–Trinajstić information content (AvgIpc) is 3.36. The number of rotatable bonds is 4. The van der Waals surface area contributed by atoms with E-state index in [0.29, 0.717) is 28.3 Å². The fraction of sp³-hybridized carbons (Fsp3) is 0.227. The van der Waals surface area contributed by atoms with Gasteiger partial charge in [-0.05, 0) is 44.5 Å². The van der Waals surface area contributed by atoms with Crippen molar-refractivity contribution in [3.63, 3.8) is 0 Å². The summed E-state index contributed by atoms with van der Waals surface area (Å²) in [4.78, 5) is 17.0. The van der Waals surface area contributed by atoms with E-state index in [9.17, 15) is 18.0 Å². The normalized spacial score (nSPS) is 11.6. The van der Waals surface area contributed by atoms with Gasteiger partial charge in [-0.1, -0.05) is 11.3 Å². The van der Waals surface area contributed by atoms with E-state index in [2.05, 4.69) is 25.7 Å². The van der Waals surface area contributed by atoms with Gasteiger partial charge < -0.3 is 5.32 Å². The summed E-state index contributed by atoms with van der Waals surface area (Å²) >= 11 is 0. The largest absolute Gasteiger partial charge is 0.416 e. The number of amides is 1. The van der Waals surface area contributed by atoms with Crippen molar-refractivity contribution >= 4 is 11.6 Å². The van der Waals surface area contributed by atoms with Crippen LogP contribution < -0.4 is 5.32 Å². The van der Waals surface area contributed by atoms with Crippen molar-refractivity contribution < 1.29 is 18.0 Å². The number of halogens is 3. The summed E-state index contributed by atoms with van der Waals surface area (Å²) in [6, 6.07) is 4.70. The molecule has 170 valence electrons. The predicted molar refractivity (Wildman–Crippen MR) is 115 cm³/mol. The Morgan fingerprint density at radius 1 is 1.09 bits per heavy atom. The molecule has 11 heteroatoms. The highest BCUT2D eigenvalue weighted by Crippen LogP contribution is 2.31. The van der Waals surface area contributed by atoms with Crippen molar-refractivity contribution in [2.45, 2.75) is 26.9 Å². The van der Waals surface area contributed by atoms with Gasteiger partial charge in [-0.15, -0.1) is 5.10 Å². The predicted octanol–water partition coefficient (Wildman–Crippen LogP) is 4.26. The Hall–Kier alpha value is -4.02. The lowest BCUT2D eigenvalue weighted by atomic mass is 10.0. The van der Waals surface area contributed by atoms with Crippen LogP contribution in [0.25, 0.3) is 16.9 Å². The second-order valence-electron chi connectivity index (χ2n) is 7.63. The maximum Gasteiger partial charge on any atom is 0.416 e. The van der Waals surface area contributed by atoms with E-state index in [0.717, 1.165) is 23.4 Å². The van der Waals surface area contributed by atoms with Gasteiger partial charge in [0, 0.05) is 23.9 Å². The average molecular weight is 455 g/mol. The zero-order valence-corrected chi connectivity index (χ0v) is 18.3. The van der Waals surface area contributed by atoms with Crippen LogP contribution in [0.2, 0.25) is 0 Å². The first kappa shape index (κ1) is 22.2. The van der Waals surface area contributed by atoms with E-state index in [1.165, 1.54) is 16.9 Å². The molecule has 33 heavy (non-hydrogen) atoms. The van der Waals surface area contributed by atoms with Crippen LogP contribution in [-0.2, 0) is 13.2 Å². The fourth-order valence-electron chi connectivity index (χ4n) is 3.32. The van der Waals surface area contributed by atoms with Crippen LogP contribution in [0.5, 0.6) is 0 Å². The van der Waals surface area contributed by atoms with E-state index in [4.69, 9.17) is 0 Å². The Morgan fingerprint density at radius 2 is 1.85 bits per heavy atom. The maximum absolute atomic E-state index is 13.1. The monoisotopic (exact) mass is 455 g/mol. The van der Waals surface area contributed by atoms with Gasteiger partial charge in [-0.2, -0.15) is 18.3 Å². The van der Waals surface area contributed by atoms with Crippen LogP contribution in [0.4, 0.5) is 18.9 Å². The minimum absolute atomic E-state index is 0.0676. The smallest absolute Gasteiger partial charge is 0.321 e. The molecule has 4 aromatic rings. The van der Waals surface area contributed by atoms with Gasteiger partial charge in [-0.3, -0.25) is 14.5 Å². The molecule has 1 amide bonds. The van der Waals surface area contributed by atoms with Gasteiger partial charge in [-0.25, -0.2) is 4.68 Å². The molecule has 0 bridgehead atoms. The van der Waals surface area contributed by atoms with E-state index in [1.54, 1.807) is 37.0 Å². The molecule has 0 saturated carbocycles. The van der Waals surface area contributed by atoms with Gasteiger partial charge in [0.05, 0.1) is 41.2 Å². The molecule has 0 radical (unpaired) electrons. The number of hydrogen-bond donors (Lipinski definition) is 1. The first-order valence-electron chi connectivity index (χ1n) is 9.92. The molecule has 4 rings (SSSR count). The van der Waals surface area contributed by atoms with Crippen LogP contribution >= 0.6 is 0 Å². The molecule has 0 aliphatic heterocycles. The Morgan fingerprint density at radius 3 is 2.52 bits per heavy atom. The van der Waals surface area contributed by atoms with Gasteiger partial charge >= 0.3 is 6.18 Å². The number of benzene rings is 1. The first-order valence-corrected chi connectivity index (χ1v) is 9.92. The molecule has 0 atom stereocenters. The summed E-state index contributed by atoms with van der Waals surface area (Å²) in [7, 11) is 1.83. The molecule has 1 N–H and O–H groups in total. The Balaban J connectivity index is 1.63. The van der Waals surface area contributed by atoms with Gasteiger partial charge in [0.15, 0.2) is 0 Å². The van der Waals surface area contributed by atoms with Crippen molar-refractivity contribution in [3.8, 4) is 16.9 Å².